The minimum absolute atomic E-state index is 0.107. The van der Waals surface area contributed by atoms with Gasteiger partial charge in [-0.25, -0.2) is 19.9 Å². The largest absolute Gasteiger partial charge is 0.294 e. The Bertz CT molecular complexity index is 1360. The van der Waals surface area contributed by atoms with E-state index in [0.717, 1.165) is 22.3 Å². The third kappa shape index (κ3) is 4.09. The van der Waals surface area contributed by atoms with Gasteiger partial charge in [0, 0.05) is 11.8 Å². The van der Waals surface area contributed by atoms with Crippen molar-refractivity contribution in [2.75, 3.05) is 5.32 Å². The molecule has 0 amide bonds. The molecular weight excluding hydrogens is 410 g/mol. The highest BCUT2D eigenvalue weighted by Crippen LogP contribution is 2.34. The van der Waals surface area contributed by atoms with Gasteiger partial charge in [0.25, 0.3) is 0 Å². The average molecular weight is 438 g/mol. The first-order chi connectivity index (χ1) is 15.9. The second kappa shape index (κ2) is 8.35. The molecule has 6 heteroatoms. The number of anilines is 2. The van der Waals surface area contributed by atoms with Crippen LogP contribution in [-0.2, 0) is 6.42 Å². The van der Waals surface area contributed by atoms with Crippen molar-refractivity contribution in [3.05, 3.63) is 82.3 Å². The Morgan fingerprint density at radius 3 is 2.30 bits per heavy atom. The number of para-hydroxylation sites is 1. The number of hydrogen-bond acceptors (Lipinski definition) is 6. The lowest BCUT2D eigenvalue weighted by Gasteiger charge is -2.25. The van der Waals surface area contributed by atoms with E-state index >= 15 is 0 Å². The summed E-state index contributed by atoms with van der Waals surface area (Å²) in [6, 6.07) is 16.5. The summed E-state index contributed by atoms with van der Waals surface area (Å²) in [7, 11) is 0. The van der Waals surface area contributed by atoms with Crippen LogP contribution in [0.4, 0.5) is 11.9 Å². The van der Waals surface area contributed by atoms with Gasteiger partial charge in [0.1, 0.15) is 0 Å². The Morgan fingerprint density at radius 1 is 0.848 bits per heavy atom. The fraction of sp³-hybridized carbons (Fsp3) is 0.296. The van der Waals surface area contributed by atoms with Crippen molar-refractivity contribution in [1.29, 1.82) is 0 Å². The standard InChI is InChI=1S/C27H27N5O/c1-15(2)18-9-11-19(12-10-18)20-13-23-25(24(33)14-20)17(4)29-27(31-23)32-26-28-16(3)21-7-5-6-8-22(21)30-26/h5-12,15,20H,13-14H2,1-4H3,(H,28,29,30,31,32)/t20-/m1/s1. The van der Waals surface area contributed by atoms with Crippen LogP contribution in [0.1, 0.15) is 70.7 Å². The van der Waals surface area contributed by atoms with Gasteiger partial charge >= 0.3 is 0 Å². The summed E-state index contributed by atoms with van der Waals surface area (Å²) in [5.41, 5.74) is 6.37. The molecule has 4 aromatic rings. The predicted octanol–water partition coefficient (Wildman–Crippen LogP) is 5.82. The van der Waals surface area contributed by atoms with Crippen molar-refractivity contribution in [2.45, 2.75) is 52.4 Å². The lowest BCUT2D eigenvalue weighted by Crippen LogP contribution is -2.23. The van der Waals surface area contributed by atoms with Crippen LogP contribution in [0.25, 0.3) is 10.9 Å². The molecule has 166 valence electrons. The zero-order valence-electron chi connectivity index (χ0n) is 19.4. The fourth-order valence-corrected chi connectivity index (χ4v) is 4.61. The molecule has 0 saturated heterocycles. The minimum atomic E-state index is 0.107. The lowest BCUT2D eigenvalue weighted by atomic mass is 9.81. The third-order valence-electron chi connectivity index (χ3n) is 6.41. The summed E-state index contributed by atoms with van der Waals surface area (Å²) in [5, 5.41) is 4.18. The number of carbonyl (C=O) groups is 1. The molecular formula is C27H27N5O. The van der Waals surface area contributed by atoms with Crippen LogP contribution < -0.4 is 5.32 Å². The Morgan fingerprint density at radius 2 is 1.55 bits per heavy atom. The van der Waals surface area contributed by atoms with Gasteiger partial charge in [-0.05, 0) is 49.3 Å². The van der Waals surface area contributed by atoms with Crippen LogP contribution in [0.3, 0.4) is 0 Å². The number of nitrogens with one attached hydrogen (secondary N) is 1. The number of aromatic nitrogens is 4. The zero-order chi connectivity index (χ0) is 23.1. The summed E-state index contributed by atoms with van der Waals surface area (Å²) < 4.78 is 0. The van der Waals surface area contributed by atoms with E-state index in [0.29, 0.717) is 41.9 Å². The molecule has 0 bridgehead atoms. The second-order valence-electron chi connectivity index (χ2n) is 9.08. The summed E-state index contributed by atoms with van der Waals surface area (Å²) >= 11 is 0. The summed E-state index contributed by atoms with van der Waals surface area (Å²) in [5.74, 6) is 1.58. The van der Waals surface area contributed by atoms with Crippen LogP contribution in [0.15, 0.2) is 48.5 Å². The number of ketones is 1. The molecule has 0 fully saturated rings. The predicted molar refractivity (Wildman–Crippen MR) is 130 cm³/mol. The van der Waals surface area contributed by atoms with E-state index in [2.05, 4.69) is 58.4 Å². The van der Waals surface area contributed by atoms with Crippen LogP contribution in [0.2, 0.25) is 0 Å². The van der Waals surface area contributed by atoms with Crippen LogP contribution in [0.5, 0.6) is 0 Å². The molecule has 1 aliphatic rings. The molecule has 1 atom stereocenters. The average Bonchev–Trinajstić information content (AvgIpc) is 2.78. The van der Waals surface area contributed by atoms with E-state index in [1.54, 1.807) is 0 Å². The van der Waals surface area contributed by atoms with Crippen molar-refractivity contribution in [3.8, 4) is 0 Å². The van der Waals surface area contributed by atoms with Gasteiger partial charge in [-0.3, -0.25) is 10.1 Å². The molecule has 2 heterocycles. The number of Topliss-reactive ketones (excluding diaryl/α,β-unsaturated/α-hetero) is 1. The normalized spacial score (nSPS) is 15.7. The fourth-order valence-electron chi connectivity index (χ4n) is 4.61. The molecule has 2 aromatic heterocycles. The SMILES string of the molecule is Cc1nc(Nc2nc(C)c3ccccc3n2)nc2c1C(=O)C[C@H](c1ccc(C(C)C)cc1)C2. The molecule has 5 rings (SSSR count). The summed E-state index contributed by atoms with van der Waals surface area (Å²) in [6.45, 7) is 8.20. The molecule has 6 nitrogen and oxygen atoms in total. The van der Waals surface area contributed by atoms with E-state index in [-0.39, 0.29) is 11.7 Å². The number of nitrogens with zero attached hydrogens (tertiary/aromatic N) is 4. The van der Waals surface area contributed by atoms with Crippen molar-refractivity contribution < 1.29 is 4.79 Å². The van der Waals surface area contributed by atoms with Crippen LogP contribution >= 0.6 is 0 Å². The van der Waals surface area contributed by atoms with E-state index in [4.69, 9.17) is 4.98 Å². The molecule has 33 heavy (non-hydrogen) atoms. The monoisotopic (exact) mass is 437 g/mol. The van der Waals surface area contributed by atoms with E-state index in [1.807, 2.05) is 38.1 Å². The number of carbonyl (C=O) groups excluding carboxylic acids is 1. The molecule has 0 radical (unpaired) electrons. The molecule has 1 aliphatic carbocycles. The summed E-state index contributed by atoms with van der Waals surface area (Å²) in [4.78, 5) is 31.4. The molecule has 0 aliphatic heterocycles. The first kappa shape index (κ1) is 21.2. The first-order valence-corrected chi connectivity index (χ1v) is 11.4. The van der Waals surface area contributed by atoms with Gasteiger partial charge in [0.15, 0.2) is 5.78 Å². The molecule has 0 spiro atoms. The summed E-state index contributed by atoms with van der Waals surface area (Å²) in [6.07, 6.45) is 1.19. The highest BCUT2D eigenvalue weighted by atomic mass is 16.1. The van der Waals surface area contributed by atoms with Gasteiger partial charge in [-0.1, -0.05) is 56.3 Å². The number of benzene rings is 2. The van der Waals surface area contributed by atoms with Crippen molar-refractivity contribution in [2.24, 2.45) is 0 Å². The molecule has 2 aromatic carbocycles. The van der Waals surface area contributed by atoms with Crippen LogP contribution in [-0.4, -0.2) is 25.7 Å². The Balaban J connectivity index is 1.46. The second-order valence-corrected chi connectivity index (χ2v) is 9.08. The first-order valence-electron chi connectivity index (χ1n) is 11.4. The number of hydrogen-bond donors (Lipinski definition) is 1. The van der Waals surface area contributed by atoms with E-state index in [9.17, 15) is 4.79 Å². The third-order valence-corrected chi connectivity index (χ3v) is 6.41. The van der Waals surface area contributed by atoms with Gasteiger partial charge in [-0.2, -0.15) is 0 Å². The van der Waals surface area contributed by atoms with Crippen molar-refractivity contribution >= 4 is 28.6 Å². The van der Waals surface area contributed by atoms with Crippen molar-refractivity contribution in [3.63, 3.8) is 0 Å². The van der Waals surface area contributed by atoms with Crippen LogP contribution in [0, 0.1) is 13.8 Å². The van der Waals surface area contributed by atoms with Gasteiger partial charge < -0.3 is 0 Å². The minimum Gasteiger partial charge on any atom is -0.294 e. The topological polar surface area (TPSA) is 80.7 Å². The number of rotatable bonds is 4. The maximum Gasteiger partial charge on any atom is 0.230 e. The van der Waals surface area contributed by atoms with Crippen molar-refractivity contribution in [1.82, 2.24) is 19.9 Å². The lowest BCUT2D eigenvalue weighted by molar-refractivity contribution is 0.0962. The van der Waals surface area contributed by atoms with Gasteiger partial charge in [0.2, 0.25) is 11.9 Å². The van der Waals surface area contributed by atoms with E-state index in [1.165, 1.54) is 11.1 Å². The zero-order valence-corrected chi connectivity index (χ0v) is 19.4. The number of fused-ring (bicyclic) bond motifs is 2. The molecule has 0 unspecified atom stereocenters. The van der Waals surface area contributed by atoms with E-state index < -0.39 is 0 Å². The van der Waals surface area contributed by atoms with Gasteiger partial charge in [-0.15, -0.1) is 0 Å². The Hall–Kier alpha value is -3.67. The Labute approximate surface area is 193 Å². The smallest absolute Gasteiger partial charge is 0.230 e. The van der Waals surface area contributed by atoms with Gasteiger partial charge in [0.05, 0.1) is 28.2 Å². The quantitative estimate of drug-likeness (QED) is 0.433. The highest BCUT2D eigenvalue weighted by Gasteiger charge is 2.30. The Kier molecular flexibility index (Phi) is 5.36. The number of aryl methyl sites for hydroxylation is 2. The molecule has 1 N–H and O–H groups in total. The molecule has 0 saturated carbocycles. The maximum absolute atomic E-state index is 13.0. The maximum atomic E-state index is 13.0. The highest BCUT2D eigenvalue weighted by molar-refractivity contribution is 5.99.